The number of aliphatic hydroxyl groups is 1. The van der Waals surface area contributed by atoms with Crippen molar-refractivity contribution in [3.63, 3.8) is 0 Å². The first kappa shape index (κ1) is 20.3. The Morgan fingerprint density at radius 2 is 1.70 bits per heavy atom. The number of carboxylic acid groups (broad SMARTS) is 1. The number of hydrogen-bond donors (Lipinski definition) is 2. The molecule has 6 nitrogen and oxygen atoms in total. The molecule has 0 saturated carbocycles. The van der Waals surface area contributed by atoms with E-state index in [1.165, 1.54) is 36.3 Å². The summed E-state index contributed by atoms with van der Waals surface area (Å²) in [6.45, 7) is 0.162. The molecule has 0 aromatic heterocycles. The fraction of sp³-hybridized carbons (Fsp3) is 0.158. The number of benzene rings is 2. The Morgan fingerprint density at radius 1 is 1.11 bits per heavy atom. The molecule has 0 aliphatic heterocycles. The number of carboxylic acids is 1. The molecule has 0 radical (unpaired) electrons. The fourth-order valence-electron chi connectivity index (χ4n) is 2.32. The summed E-state index contributed by atoms with van der Waals surface area (Å²) >= 11 is 6.10. The van der Waals surface area contributed by atoms with Crippen molar-refractivity contribution in [3.8, 4) is 5.75 Å². The van der Waals surface area contributed by atoms with Crippen LogP contribution in [0, 0.1) is 5.82 Å². The Hall–Kier alpha value is -3.06. The van der Waals surface area contributed by atoms with Crippen LogP contribution in [0.25, 0.3) is 0 Å². The minimum absolute atomic E-state index is 0.0756. The zero-order valence-corrected chi connectivity index (χ0v) is 15.1. The van der Waals surface area contributed by atoms with Crippen LogP contribution in [0.1, 0.15) is 11.1 Å². The molecule has 27 heavy (non-hydrogen) atoms. The van der Waals surface area contributed by atoms with Crippen molar-refractivity contribution in [3.05, 3.63) is 76.3 Å². The van der Waals surface area contributed by atoms with Crippen LogP contribution in [0.2, 0.25) is 5.02 Å². The van der Waals surface area contributed by atoms with Gasteiger partial charge in [-0.05, 0) is 35.4 Å². The minimum Gasteiger partial charge on any atom is -0.502 e. The number of aliphatic carboxylic acids is 1. The van der Waals surface area contributed by atoms with Crippen molar-refractivity contribution in [2.24, 2.45) is 0 Å². The van der Waals surface area contributed by atoms with Crippen LogP contribution < -0.4 is 4.74 Å². The van der Waals surface area contributed by atoms with Crippen LogP contribution in [0.4, 0.5) is 4.39 Å². The minimum atomic E-state index is -1.61. The van der Waals surface area contributed by atoms with Gasteiger partial charge in [0.2, 0.25) is 5.76 Å². The van der Waals surface area contributed by atoms with Gasteiger partial charge in [-0.25, -0.2) is 9.18 Å². The van der Waals surface area contributed by atoms with Crippen LogP contribution in [0.15, 0.2) is 54.3 Å². The summed E-state index contributed by atoms with van der Waals surface area (Å²) in [7, 11) is 1.48. The number of carbonyl (C=O) groups excluding carboxylic acids is 1. The van der Waals surface area contributed by atoms with Gasteiger partial charge in [-0.2, -0.15) is 0 Å². The molecule has 2 aromatic rings. The van der Waals surface area contributed by atoms with Gasteiger partial charge >= 0.3 is 5.97 Å². The first-order chi connectivity index (χ1) is 12.8. The van der Waals surface area contributed by atoms with E-state index in [9.17, 15) is 19.1 Å². The van der Waals surface area contributed by atoms with Gasteiger partial charge in [0.1, 0.15) is 11.6 Å². The third kappa shape index (κ3) is 5.72. The Balaban J connectivity index is 2.29. The number of amides is 1. The van der Waals surface area contributed by atoms with E-state index in [4.69, 9.17) is 21.4 Å². The summed E-state index contributed by atoms with van der Waals surface area (Å²) in [6.07, 6.45) is 0.622. The van der Waals surface area contributed by atoms with Gasteiger partial charge in [-0.15, -0.1) is 0 Å². The summed E-state index contributed by atoms with van der Waals surface area (Å²) in [5.41, 5.74) is 1.30. The van der Waals surface area contributed by atoms with Crippen molar-refractivity contribution < 1.29 is 28.9 Å². The Kier molecular flexibility index (Phi) is 6.79. The number of hydrogen-bond acceptors (Lipinski definition) is 4. The molecule has 2 N–H and O–H groups in total. The molecular formula is C19H17ClFNO5. The van der Waals surface area contributed by atoms with E-state index in [0.29, 0.717) is 28.0 Å². The van der Waals surface area contributed by atoms with E-state index in [1.807, 2.05) is 0 Å². The van der Waals surface area contributed by atoms with Crippen molar-refractivity contribution in [2.45, 2.75) is 13.1 Å². The van der Waals surface area contributed by atoms with E-state index in [2.05, 4.69) is 0 Å². The molecule has 0 atom stereocenters. The van der Waals surface area contributed by atoms with E-state index in [0.717, 1.165) is 0 Å². The second-order valence-electron chi connectivity index (χ2n) is 5.62. The van der Waals surface area contributed by atoms with Crippen molar-refractivity contribution in [2.75, 3.05) is 7.11 Å². The quantitative estimate of drug-likeness (QED) is 0.555. The molecule has 2 rings (SSSR count). The molecule has 0 fully saturated rings. The lowest BCUT2D eigenvalue weighted by Gasteiger charge is -2.22. The van der Waals surface area contributed by atoms with Gasteiger partial charge in [-0.1, -0.05) is 29.8 Å². The van der Waals surface area contributed by atoms with Gasteiger partial charge in [0.25, 0.3) is 5.91 Å². The average molecular weight is 394 g/mol. The van der Waals surface area contributed by atoms with Crippen LogP contribution in [0.3, 0.4) is 0 Å². The second-order valence-corrected chi connectivity index (χ2v) is 6.03. The zero-order valence-electron chi connectivity index (χ0n) is 14.4. The van der Waals surface area contributed by atoms with Crippen molar-refractivity contribution >= 4 is 23.5 Å². The highest BCUT2D eigenvalue weighted by Crippen LogP contribution is 2.26. The van der Waals surface area contributed by atoms with Crippen LogP contribution in [0.5, 0.6) is 5.75 Å². The highest BCUT2D eigenvalue weighted by atomic mass is 35.5. The molecular weight excluding hydrogens is 377 g/mol. The van der Waals surface area contributed by atoms with Gasteiger partial charge < -0.3 is 19.8 Å². The molecule has 142 valence electrons. The number of carbonyl (C=O) groups is 2. The first-order valence-corrected chi connectivity index (χ1v) is 8.17. The molecule has 0 spiro atoms. The summed E-state index contributed by atoms with van der Waals surface area (Å²) in [4.78, 5) is 24.5. The molecule has 2 aromatic carbocycles. The van der Waals surface area contributed by atoms with Gasteiger partial charge in [-0.3, -0.25) is 4.79 Å². The number of methoxy groups -OCH3 is 1. The van der Waals surface area contributed by atoms with Crippen molar-refractivity contribution in [1.29, 1.82) is 0 Å². The third-order valence-corrected chi connectivity index (χ3v) is 3.96. The van der Waals surface area contributed by atoms with Gasteiger partial charge in [0, 0.05) is 13.1 Å². The third-order valence-electron chi connectivity index (χ3n) is 3.67. The molecule has 0 aliphatic carbocycles. The maximum atomic E-state index is 13.1. The second kappa shape index (κ2) is 9.05. The molecule has 0 saturated heterocycles. The van der Waals surface area contributed by atoms with E-state index >= 15 is 0 Å². The van der Waals surface area contributed by atoms with Crippen LogP contribution in [-0.4, -0.2) is 34.1 Å². The standard InChI is InChI=1S/C19H17ClFNO5/c1-27-17-7-4-13(8-15(17)20)11-22(18(24)9-16(23)19(25)26)10-12-2-5-14(21)6-3-12/h2-9,23H,10-11H2,1H3,(H,25,26)/b16-9-. The highest BCUT2D eigenvalue weighted by Gasteiger charge is 2.17. The van der Waals surface area contributed by atoms with Crippen LogP contribution >= 0.6 is 11.6 Å². The molecule has 0 heterocycles. The lowest BCUT2D eigenvalue weighted by molar-refractivity contribution is -0.136. The monoisotopic (exact) mass is 393 g/mol. The van der Waals surface area contributed by atoms with Crippen molar-refractivity contribution in [1.82, 2.24) is 4.90 Å². The molecule has 0 aliphatic rings. The largest absolute Gasteiger partial charge is 0.502 e. The Bertz CT molecular complexity index is 867. The summed E-state index contributed by atoms with van der Waals surface area (Å²) in [5, 5.41) is 18.5. The number of halogens is 2. The molecule has 8 heteroatoms. The summed E-state index contributed by atoms with van der Waals surface area (Å²) in [6, 6.07) is 10.5. The lowest BCUT2D eigenvalue weighted by atomic mass is 10.1. The van der Waals surface area contributed by atoms with E-state index in [1.54, 1.807) is 18.2 Å². The van der Waals surface area contributed by atoms with Gasteiger partial charge in [0.05, 0.1) is 18.2 Å². The van der Waals surface area contributed by atoms with E-state index in [-0.39, 0.29) is 13.1 Å². The fourth-order valence-corrected chi connectivity index (χ4v) is 2.60. The topological polar surface area (TPSA) is 87.1 Å². The number of ether oxygens (including phenoxy) is 1. The first-order valence-electron chi connectivity index (χ1n) is 7.80. The number of nitrogens with zero attached hydrogens (tertiary/aromatic N) is 1. The van der Waals surface area contributed by atoms with E-state index < -0.39 is 23.5 Å². The maximum absolute atomic E-state index is 13.1. The lowest BCUT2D eigenvalue weighted by Crippen LogP contribution is -2.29. The molecule has 0 unspecified atom stereocenters. The highest BCUT2D eigenvalue weighted by molar-refractivity contribution is 6.32. The molecule has 1 amide bonds. The Morgan fingerprint density at radius 3 is 2.26 bits per heavy atom. The normalized spacial score (nSPS) is 11.1. The number of aliphatic hydroxyl groups excluding tert-OH is 1. The molecule has 0 bridgehead atoms. The smallest absolute Gasteiger partial charge is 0.371 e. The average Bonchev–Trinajstić information content (AvgIpc) is 2.63. The number of rotatable bonds is 7. The predicted octanol–water partition coefficient (Wildman–Crippen LogP) is 3.54. The summed E-state index contributed by atoms with van der Waals surface area (Å²) in [5.74, 6) is -3.34. The SMILES string of the molecule is COc1ccc(CN(Cc2ccc(F)cc2)C(=O)/C=C(\O)C(=O)O)cc1Cl. The summed E-state index contributed by atoms with van der Waals surface area (Å²) < 4.78 is 18.2. The maximum Gasteiger partial charge on any atom is 0.371 e. The zero-order chi connectivity index (χ0) is 20.0. The van der Waals surface area contributed by atoms with Gasteiger partial charge in [0.15, 0.2) is 0 Å². The Labute approximate surface area is 160 Å². The predicted molar refractivity (Wildman–Crippen MR) is 97.0 cm³/mol. The van der Waals surface area contributed by atoms with Crippen LogP contribution in [-0.2, 0) is 22.7 Å².